The fraction of sp³-hybridized carbons (Fsp3) is 0.125. The van der Waals surface area contributed by atoms with Crippen LogP contribution in [0.4, 0.5) is 0 Å². The molecule has 1 aliphatic carbocycles. The van der Waals surface area contributed by atoms with Crippen molar-refractivity contribution < 1.29 is 24.2 Å². The number of phenolic OH excluding ortho intramolecular Hbond substituents is 1. The molecule has 150 valence electrons. The Morgan fingerprint density at radius 3 is 2.40 bits per heavy atom. The fourth-order valence-electron chi connectivity index (χ4n) is 3.57. The first-order valence-corrected chi connectivity index (χ1v) is 9.38. The average Bonchev–Trinajstić information content (AvgIpc) is 2.70. The standard InChI is InChI=1S/C24H18O6/c1-12(2)23(27)13-3-6-16(24(28)29)19(9-13)22-17-7-4-14(25)10-20(17)30-21-11-15(26)5-8-18(21)22/h3-12,25H,1-2H3,(H,28,29). The highest BCUT2D eigenvalue weighted by atomic mass is 16.4. The minimum Gasteiger partial charge on any atom is -0.508 e. The Morgan fingerprint density at radius 2 is 1.70 bits per heavy atom. The Labute approximate surface area is 171 Å². The zero-order valence-electron chi connectivity index (χ0n) is 16.3. The van der Waals surface area contributed by atoms with Crippen LogP contribution >= 0.6 is 0 Å². The minimum absolute atomic E-state index is 0.0170. The van der Waals surface area contributed by atoms with E-state index < -0.39 is 5.97 Å². The number of ketones is 1. The Hall–Kier alpha value is -3.93. The van der Waals surface area contributed by atoms with Gasteiger partial charge < -0.3 is 14.6 Å². The predicted octanol–water partition coefficient (Wildman–Crippen LogP) is 4.81. The van der Waals surface area contributed by atoms with Gasteiger partial charge in [-0.05, 0) is 42.0 Å². The third-order valence-electron chi connectivity index (χ3n) is 5.01. The van der Waals surface area contributed by atoms with E-state index in [9.17, 15) is 24.6 Å². The van der Waals surface area contributed by atoms with Gasteiger partial charge in [0, 0.05) is 40.1 Å². The molecule has 6 heteroatoms. The second kappa shape index (κ2) is 7.15. The number of hydrogen-bond donors (Lipinski definition) is 2. The van der Waals surface area contributed by atoms with Crippen molar-refractivity contribution in [1.29, 1.82) is 0 Å². The summed E-state index contributed by atoms with van der Waals surface area (Å²) < 4.78 is 5.81. The molecule has 0 amide bonds. The monoisotopic (exact) mass is 402 g/mol. The van der Waals surface area contributed by atoms with Crippen LogP contribution < -0.4 is 5.43 Å². The van der Waals surface area contributed by atoms with Gasteiger partial charge in [-0.2, -0.15) is 0 Å². The van der Waals surface area contributed by atoms with Crippen molar-refractivity contribution in [2.75, 3.05) is 0 Å². The maximum atomic E-state index is 12.6. The number of hydrogen-bond acceptors (Lipinski definition) is 5. The molecule has 0 unspecified atom stereocenters. The van der Waals surface area contributed by atoms with Crippen LogP contribution in [0.15, 0.2) is 63.8 Å². The number of carbonyl (C=O) groups is 2. The molecule has 0 spiro atoms. The summed E-state index contributed by atoms with van der Waals surface area (Å²) in [6, 6.07) is 13.2. The Bertz CT molecular complexity index is 1350. The largest absolute Gasteiger partial charge is 0.508 e. The molecule has 0 fully saturated rings. The van der Waals surface area contributed by atoms with Crippen molar-refractivity contribution in [1.82, 2.24) is 0 Å². The Balaban J connectivity index is 2.17. The molecule has 0 aromatic heterocycles. The summed E-state index contributed by atoms with van der Waals surface area (Å²) in [5.41, 5.74) is 1.82. The molecule has 0 atom stereocenters. The molecule has 2 N–H and O–H groups in total. The van der Waals surface area contributed by atoms with Crippen molar-refractivity contribution in [3.05, 3.63) is 75.9 Å². The fourth-order valence-corrected chi connectivity index (χ4v) is 3.57. The predicted molar refractivity (Wildman–Crippen MR) is 112 cm³/mol. The second-order valence-corrected chi connectivity index (χ2v) is 7.40. The van der Waals surface area contributed by atoms with Gasteiger partial charge in [0.05, 0.1) is 5.56 Å². The number of aromatic carboxylic acids is 1. The van der Waals surface area contributed by atoms with Crippen LogP contribution in [0, 0.1) is 5.92 Å². The second-order valence-electron chi connectivity index (χ2n) is 7.40. The zero-order valence-corrected chi connectivity index (χ0v) is 16.3. The summed E-state index contributed by atoms with van der Waals surface area (Å²) in [6.07, 6.45) is 0. The molecule has 1 heterocycles. The van der Waals surface area contributed by atoms with Gasteiger partial charge in [0.1, 0.15) is 17.1 Å². The molecular formula is C24H18O6. The number of carbonyl (C=O) groups excluding carboxylic acids is 1. The van der Waals surface area contributed by atoms with E-state index in [1.165, 1.54) is 36.4 Å². The molecule has 2 aromatic carbocycles. The molecule has 0 bridgehead atoms. The molecule has 0 saturated heterocycles. The lowest BCUT2D eigenvalue weighted by Gasteiger charge is -2.17. The van der Waals surface area contributed by atoms with Crippen LogP contribution in [-0.2, 0) is 0 Å². The highest BCUT2D eigenvalue weighted by Gasteiger charge is 2.23. The number of phenols is 1. The normalized spacial score (nSPS) is 11.3. The molecule has 6 nitrogen and oxygen atoms in total. The summed E-state index contributed by atoms with van der Waals surface area (Å²) in [5, 5.41) is 20.2. The summed E-state index contributed by atoms with van der Waals surface area (Å²) in [5.74, 6) is -1.28. The molecule has 30 heavy (non-hydrogen) atoms. The van der Waals surface area contributed by atoms with Gasteiger partial charge in [-0.3, -0.25) is 9.59 Å². The molecule has 2 aliphatic rings. The van der Waals surface area contributed by atoms with Crippen molar-refractivity contribution in [3.63, 3.8) is 0 Å². The molecule has 4 rings (SSSR count). The first-order chi connectivity index (χ1) is 14.3. The first kappa shape index (κ1) is 19.4. The number of carboxylic acids is 1. The topological polar surface area (TPSA) is 105 Å². The van der Waals surface area contributed by atoms with E-state index in [2.05, 4.69) is 0 Å². The van der Waals surface area contributed by atoms with Crippen molar-refractivity contribution in [2.24, 2.45) is 5.92 Å². The van der Waals surface area contributed by atoms with E-state index in [0.717, 1.165) is 0 Å². The molecule has 1 aliphatic heterocycles. The lowest BCUT2D eigenvalue weighted by atomic mass is 9.88. The number of Topliss-reactive ketones (excluding diaryl/α,β-unsaturated/α-hetero) is 1. The minimum atomic E-state index is -1.14. The van der Waals surface area contributed by atoms with Crippen LogP contribution in [0.5, 0.6) is 5.75 Å². The average molecular weight is 402 g/mol. The van der Waals surface area contributed by atoms with Crippen molar-refractivity contribution >= 4 is 22.7 Å². The van der Waals surface area contributed by atoms with Gasteiger partial charge in [0.15, 0.2) is 11.2 Å². The van der Waals surface area contributed by atoms with E-state index in [-0.39, 0.29) is 34.2 Å². The zero-order chi connectivity index (χ0) is 21.6. The highest BCUT2D eigenvalue weighted by molar-refractivity contribution is 6.09. The van der Waals surface area contributed by atoms with Crippen molar-refractivity contribution in [3.8, 4) is 28.2 Å². The number of fused-ring (bicyclic) bond motifs is 2. The molecule has 2 aromatic rings. The van der Waals surface area contributed by atoms with Gasteiger partial charge in [0.2, 0.25) is 0 Å². The van der Waals surface area contributed by atoms with Crippen molar-refractivity contribution in [2.45, 2.75) is 13.8 Å². The quantitative estimate of drug-likeness (QED) is 0.375. The molecular weight excluding hydrogens is 384 g/mol. The van der Waals surface area contributed by atoms with Crippen LogP contribution in [0.25, 0.3) is 33.4 Å². The number of carboxylic acid groups (broad SMARTS) is 1. The van der Waals surface area contributed by atoms with E-state index in [4.69, 9.17) is 4.42 Å². The van der Waals surface area contributed by atoms with Gasteiger partial charge in [0.25, 0.3) is 0 Å². The lowest BCUT2D eigenvalue weighted by molar-refractivity contribution is 0.0697. The van der Waals surface area contributed by atoms with Gasteiger partial charge >= 0.3 is 5.97 Å². The van der Waals surface area contributed by atoms with Gasteiger partial charge in [-0.15, -0.1) is 0 Å². The van der Waals surface area contributed by atoms with E-state index in [1.807, 2.05) is 0 Å². The molecule has 0 saturated carbocycles. The van der Waals surface area contributed by atoms with Gasteiger partial charge in [-0.25, -0.2) is 4.79 Å². The lowest BCUT2D eigenvalue weighted by Crippen LogP contribution is -2.10. The smallest absolute Gasteiger partial charge is 0.336 e. The summed E-state index contributed by atoms with van der Waals surface area (Å²) in [4.78, 5) is 36.5. The van der Waals surface area contributed by atoms with Crippen LogP contribution in [0.1, 0.15) is 34.6 Å². The Kier molecular flexibility index (Phi) is 4.62. The SMILES string of the molecule is CC(C)C(=O)c1ccc(C(=O)O)c(-c2c3ccc(=O)cc-3oc3cc(O)ccc23)c1. The van der Waals surface area contributed by atoms with E-state index >= 15 is 0 Å². The number of rotatable bonds is 4. The summed E-state index contributed by atoms with van der Waals surface area (Å²) in [7, 11) is 0. The summed E-state index contributed by atoms with van der Waals surface area (Å²) >= 11 is 0. The van der Waals surface area contributed by atoms with Crippen LogP contribution in [0.3, 0.4) is 0 Å². The summed E-state index contributed by atoms with van der Waals surface area (Å²) in [6.45, 7) is 3.55. The van der Waals surface area contributed by atoms with Gasteiger partial charge in [-0.1, -0.05) is 19.9 Å². The first-order valence-electron chi connectivity index (χ1n) is 9.38. The van der Waals surface area contributed by atoms with E-state index in [0.29, 0.717) is 33.2 Å². The van der Waals surface area contributed by atoms with Crippen LogP contribution in [0.2, 0.25) is 0 Å². The number of benzene rings is 3. The third-order valence-corrected chi connectivity index (χ3v) is 5.01. The molecule has 0 radical (unpaired) electrons. The maximum absolute atomic E-state index is 12.6. The highest BCUT2D eigenvalue weighted by Crippen LogP contribution is 2.42. The van der Waals surface area contributed by atoms with Crippen LogP contribution in [-0.4, -0.2) is 22.0 Å². The Morgan fingerprint density at radius 1 is 0.933 bits per heavy atom. The maximum Gasteiger partial charge on any atom is 0.336 e. The van der Waals surface area contributed by atoms with E-state index in [1.54, 1.807) is 32.0 Å². The third kappa shape index (κ3) is 3.22. The number of aromatic hydroxyl groups is 1.